The van der Waals surface area contributed by atoms with Crippen LogP contribution in [0, 0.1) is 0 Å². The number of hydrogen-bond acceptors (Lipinski definition) is 5. The summed E-state index contributed by atoms with van der Waals surface area (Å²) in [4.78, 5) is 14.7. The molecule has 1 aliphatic heterocycles. The van der Waals surface area contributed by atoms with E-state index in [1.165, 1.54) is 31.4 Å². The van der Waals surface area contributed by atoms with Crippen LogP contribution >= 0.6 is 0 Å². The van der Waals surface area contributed by atoms with Gasteiger partial charge in [0.25, 0.3) is 0 Å². The van der Waals surface area contributed by atoms with E-state index in [9.17, 15) is 13.2 Å². The molecule has 0 aromatic heterocycles. The molecule has 0 aliphatic carbocycles. The number of sulfone groups is 1. The van der Waals surface area contributed by atoms with Crippen molar-refractivity contribution in [1.82, 2.24) is 10.2 Å². The van der Waals surface area contributed by atoms with Crippen LogP contribution in [-0.4, -0.2) is 56.8 Å². The molecule has 2 rings (SSSR count). The number of benzene rings is 1. The lowest BCUT2D eigenvalue weighted by molar-refractivity contribution is -0.120. The van der Waals surface area contributed by atoms with Gasteiger partial charge >= 0.3 is 0 Å². The summed E-state index contributed by atoms with van der Waals surface area (Å²) < 4.78 is 30.4. The van der Waals surface area contributed by atoms with Gasteiger partial charge in [-0.25, -0.2) is 8.42 Å². The van der Waals surface area contributed by atoms with Crippen molar-refractivity contribution in [2.24, 2.45) is 0 Å². The highest BCUT2D eigenvalue weighted by atomic mass is 32.2. The molecule has 0 bridgehead atoms. The molecule has 1 saturated heterocycles. The Kier molecular flexibility index (Phi) is 8.10. The predicted molar refractivity (Wildman–Crippen MR) is 107 cm³/mol. The second-order valence-corrected chi connectivity index (χ2v) is 9.57. The van der Waals surface area contributed by atoms with E-state index in [1.54, 1.807) is 12.1 Å². The van der Waals surface area contributed by atoms with E-state index < -0.39 is 9.84 Å². The highest BCUT2D eigenvalue weighted by molar-refractivity contribution is 7.91. The quantitative estimate of drug-likeness (QED) is 0.694. The molecule has 7 heteroatoms. The first kappa shape index (κ1) is 21.7. The first-order chi connectivity index (χ1) is 12.8. The van der Waals surface area contributed by atoms with Gasteiger partial charge in [-0.05, 0) is 71.0 Å². The van der Waals surface area contributed by atoms with Crippen LogP contribution in [0.1, 0.15) is 46.5 Å². The van der Waals surface area contributed by atoms with E-state index in [4.69, 9.17) is 4.74 Å². The van der Waals surface area contributed by atoms with Crippen molar-refractivity contribution < 1.29 is 17.9 Å². The van der Waals surface area contributed by atoms with E-state index >= 15 is 0 Å². The lowest BCUT2D eigenvalue weighted by Crippen LogP contribution is -2.44. The van der Waals surface area contributed by atoms with Gasteiger partial charge in [-0.2, -0.15) is 0 Å². The molecule has 1 heterocycles. The first-order valence-electron chi connectivity index (χ1n) is 9.78. The summed E-state index contributed by atoms with van der Waals surface area (Å²) in [5, 5.41) is 2.87. The van der Waals surface area contributed by atoms with E-state index in [-0.39, 0.29) is 35.1 Å². The number of amides is 1. The van der Waals surface area contributed by atoms with Gasteiger partial charge in [-0.15, -0.1) is 0 Å². The van der Waals surface area contributed by atoms with Crippen LogP contribution in [0.2, 0.25) is 0 Å². The number of hydrogen-bond donors (Lipinski definition) is 1. The van der Waals surface area contributed by atoms with Crippen LogP contribution in [0.3, 0.4) is 0 Å². The Balaban J connectivity index is 1.79. The number of rotatable bonds is 9. The molecule has 1 amide bonds. The zero-order valence-electron chi connectivity index (χ0n) is 16.6. The number of ether oxygens (including phenoxy) is 1. The SMILES string of the molecule is CC(C)Oc1ccc(S(=O)(=O)CCC(=O)NCC(C)N2CCCCC2)cc1. The van der Waals surface area contributed by atoms with Crippen molar-refractivity contribution in [3.63, 3.8) is 0 Å². The summed E-state index contributed by atoms with van der Waals surface area (Å²) in [5.41, 5.74) is 0. The Morgan fingerprint density at radius 3 is 2.33 bits per heavy atom. The zero-order chi connectivity index (χ0) is 19.9. The summed E-state index contributed by atoms with van der Waals surface area (Å²) in [6.45, 7) is 8.62. The van der Waals surface area contributed by atoms with Crippen molar-refractivity contribution in [3.05, 3.63) is 24.3 Å². The summed E-state index contributed by atoms with van der Waals surface area (Å²) in [6, 6.07) is 6.63. The van der Waals surface area contributed by atoms with Crippen LogP contribution in [0.4, 0.5) is 0 Å². The fraction of sp³-hybridized carbons (Fsp3) is 0.650. The Bertz CT molecular complexity index is 695. The summed E-state index contributed by atoms with van der Waals surface area (Å²) >= 11 is 0. The number of nitrogens with one attached hydrogen (secondary N) is 1. The molecule has 0 spiro atoms. The molecular weight excluding hydrogens is 364 g/mol. The average Bonchev–Trinajstić information content (AvgIpc) is 2.65. The average molecular weight is 397 g/mol. The lowest BCUT2D eigenvalue weighted by atomic mass is 10.1. The topological polar surface area (TPSA) is 75.7 Å². The van der Waals surface area contributed by atoms with Crippen molar-refractivity contribution in [3.8, 4) is 5.75 Å². The molecule has 0 saturated carbocycles. The maximum Gasteiger partial charge on any atom is 0.221 e. The van der Waals surface area contributed by atoms with Gasteiger partial charge < -0.3 is 10.1 Å². The Hall–Kier alpha value is -1.60. The Labute approximate surface area is 163 Å². The van der Waals surface area contributed by atoms with Crippen LogP contribution in [0.25, 0.3) is 0 Å². The molecule has 1 N–H and O–H groups in total. The maximum atomic E-state index is 12.4. The highest BCUT2D eigenvalue weighted by Crippen LogP contribution is 2.18. The normalized spacial score (nSPS) is 16.9. The number of piperidine rings is 1. The Morgan fingerprint density at radius 2 is 1.74 bits per heavy atom. The molecule has 1 aromatic carbocycles. The monoisotopic (exact) mass is 396 g/mol. The van der Waals surface area contributed by atoms with Gasteiger partial charge in [0.05, 0.1) is 16.8 Å². The molecule has 0 radical (unpaired) electrons. The van der Waals surface area contributed by atoms with Gasteiger partial charge in [0.1, 0.15) is 5.75 Å². The third kappa shape index (κ3) is 7.14. The lowest BCUT2D eigenvalue weighted by Gasteiger charge is -2.32. The molecule has 1 aromatic rings. The molecule has 1 fully saturated rings. The predicted octanol–water partition coefficient (Wildman–Crippen LogP) is 2.63. The van der Waals surface area contributed by atoms with E-state index in [1.807, 2.05) is 13.8 Å². The minimum atomic E-state index is -3.49. The Morgan fingerprint density at radius 1 is 1.11 bits per heavy atom. The number of nitrogens with zero attached hydrogens (tertiary/aromatic N) is 1. The maximum absolute atomic E-state index is 12.4. The van der Waals surface area contributed by atoms with Crippen molar-refractivity contribution in [2.75, 3.05) is 25.4 Å². The zero-order valence-corrected chi connectivity index (χ0v) is 17.4. The smallest absolute Gasteiger partial charge is 0.221 e. The standard InChI is InChI=1S/C20H32N2O4S/c1-16(2)26-18-7-9-19(10-8-18)27(24,25)14-11-20(23)21-15-17(3)22-12-5-4-6-13-22/h7-10,16-17H,4-6,11-15H2,1-3H3,(H,21,23). The molecule has 1 unspecified atom stereocenters. The molecule has 27 heavy (non-hydrogen) atoms. The van der Waals surface area contributed by atoms with E-state index in [0.29, 0.717) is 12.3 Å². The van der Waals surface area contributed by atoms with Gasteiger partial charge in [-0.3, -0.25) is 9.69 Å². The third-order valence-corrected chi connectivity index (χ3v) is 6.49. The molecule has 1 aliphatic rings. The van der Waals surface area contributed by atoms with Crippen molar-refractivity contribution in [2.45, 2.75) is 63.5 Å². The minimum Gasteiger partial charge on any atom is -0.491 e. The van der Waals surface area contributed by atoms with Gasteiger partial charge in [0.2, 0.25) is 5.91 Å². The van der Waals surface area contributed by atoms with Crippen molar-refractivity contribution in [1.29, 1.82) is 0 Å². The molecular formula is C20H32N2O4S. The second kappa shape index (κ2) is 10.1. The number of likely N-dealkylation sites (tertiary alicyclic amines) is 1. The summed E-state index contributed by atoms with van der Waals surface area (Å²) in [6.07, 6.45) is 3.69. The summed E-state index contributed by atoms with van der Waals surface area (Å²) in [7, 11) is -3.49. The van der Waals surface area contributed by atoms with Crippen LogP contribution in [0.15, 0.2) is 29.2 Å². The van der Waals surface area contributed by atoms with Gasteiger partial charge in [0, 0.05) is 19.0 Å². The van der Waals surface area contributed by atoms with Crippen molar-refractivity contribution >= 4 is 15.7 Å². The fourth-order valence-electron chi connectivity index (χ4n) is 3.18. The molecule has 1 atom stereocenters. The molecule has 6 nitrogen and oxygen atoms in total. The largest absolute Gasteiger partial charge is 0.491 e. The second-order valence-electron chi connectivity index (χ2n) is 7.46. The highest BCUT2D eigenvalue weighted by Gasteiger charge is 2.19. The minimum absolute atomic E-state index is 0.0285. The summed E-state index contributed by atoms with van der Waals surface area (Å²) in [5.74, 6) is 0.219. The van der Waals surface area contributed by atoms with Gasteiger partial charge in [-0.1, -0.05) is 6.42 Å². The third-order valence-electron chi connectivity index (χ3n) is 4.76. The van der Waals surface area contributed by atoms with E-state index in [0.717, 1.165) is 13.1 Å². The fourth-order valence-corrected chi connectivity index (χ4v) is 4.42. The van der Waals surface area contributed by atoms with Crippen LogP contribution in [0.5, 0.6) is 5.75 Å². The molecule has 152 valence electrons. The van der Waals surface area contributed by atoms with E-state index in [2.05, 4.69) is 17.1 Å². The number of carbonyl (C=O) groups excluding carboxylic acids is 1. The van der Waals surface area contributed by atoms with Gasteiger partial charge in [0.15, 0.2) is 9.84 Å². The van der Waals surface area contributed by atoms with Crippen LogP contribution < -0.4 is 10.1 Å². The van der Waals surface area contributed by atoms with Crippen LogP contribution in [-0.2, 0) is 14.6 Å². The number of carbonyl (C=O) groups is 1. The first-order valence-corrected chi connectivity index (χ1v) is 11.4.